The zero-order valence-corrected chi connectivity index (χ0v) is 16.8. The van der Waals surface area contributed by atoms with E-state index < -0.39 is 0 Å². The normalized spacial score (nSPS) is 18.7. The van der Waals surface area contributed by atoms with Gasteiger partial charge in [0.2, 0.25) is 5.78 Å². The first-order valence-corrected chi connectivity index (χ1v) is 10.3. The second-order valence-electron chi connectivity index (χ2n) is 7.46. The first kappa shape index (κ1) is 18.5. The number of ether oxygens (including phenoxy) is 1. The third-order valence-corrected chi connectivity index (χ3v) is 5.90. The minimum absolute atomic E-state index is 0.0537. The highest BCUT2D eigenvalue weighted by Crippen LogP contribution is 2.23. The van der Waals surface area contributed by atoms with Crippen LogP contribution in [0.3, 0.4) is 0 Å². The smallest absolute Gasteiger partial charge is 0.262 e. The Labute approximate surface area is 162 Å². The molecule has 7 nitrogen and oxygen atoms in total. The van der Waals surface area contributed by atoms with Crippen molar-refractivity contribution in [3.63, 3.8) is 0 Å². The number of fused-ring (bicyclic) bond motifs is 3. The van der Waals surface area contributed by atoms with E-state index in [9.17, 15) is 4.79 Å². The number of para-hydroxylation sites is 1. The molecule has 0 saturated carbocycles. The van der Waals surface area contributed by atoms with Crippen LogP contribution in [0.2, 0.25) is 0 Å². The predicted molar refractivity (Wildman–Crippen MR) is 107 cm³/mol. The zero-order chi connectivity index (χ0) is 19.0. The third kappa shape index (κ3) is 3.61. The molecule has 0 aliphatic carbocycles. The number of hydrogen-bond acceptors (Lipinski definition) is 6. The second kappa shape index (κ2) is 7.61. The molecule has 1 saturated heterocycles. The van der Waals surface area contributed by atoms with Crippen LogP contribution in [0.5, 0.6) is 0 Å². The molecule has 1 fully saturated rings. The highest BCUT2D eigenvalue weighted by molar-refractivity contribution is 7.99. The summed E-state index contributed by atoms with van der Waals surface area (Å²) in [7, 11) is 1.74. The molecule has 3 aromatic rings. The maximum absolute atomic E-state index is 12.5. The van der Waals surface area contributed by atoms with Crippen molar-refractivity contribution in [3.8, 4) is 0 Å². The van der Waals surface area contributed by atoms with Gasteiger partial charge < -0.3 is 4.74 Å². The number of thioether (sulfide) groups is 1. The molecule has 1 aliphatic heterocycles. The maximum Gasteiger partial charge on any atom is 0.262 e. The van der Waals surface area contributed by atoms with Gasteiger partial charge in [-0.15, -0.1) is 10.2 Å². The molecule has 1 aromatic carbocycles. The van der Waals surface area contributed by atoms with Gasteiger partial charge in [0.15, 0.2) is 5.16 Å². The van der Waals surface area contributed by atoms with Gasteiger partial charge in [0.1, 0.15) is 0 Å². The van der Waals surface area contributed by atoms with Crippen LogP contribution >= 0.6 is 11.8 Å². The summed E-state index contributed by atoms with van der Waals surface area (Å²) in [5, 5.41) is 10.1. The van der Waals surface area contributed by atoms with Crippen LogP contribution in [-0.2, 0) is 11.8 Å². The predicted octanol–water partition coefficient (Wildman–Crippen LogP) is 2.03. The van der Waals surface area contributed by atoms with E-state index in [1.54, 1.807) is 23.4 Å². The fourth-order valence-corrected chi connectivity index (χ4v) is 4.58. The van der Waals surface area contributed by atoms with Crippen LogP contribution in [0.1, 0.15) is 13.8 Å². The first-order valence-electron chi connectivity index (χ1n) is 9.34. The zero-order valence-electron chi connectivity index (χ0n) is 16.0. The molecule has 1 atom stereocenters. The van der Waals surface area contributed by atoms with Crippen LogP contribution in [0, 0.1) is 5.92 Å². The second-order valence-corrected chi connectivity index (χ2v) is 8.44. The number of hydrogen-bond donors (Lipinski definition) is 0. The number of aromatic nitrogens is 4. The number of benzene rings is 1. The van der Waals surface area contributed by atoms with E-state index in [-0.39, 0.29) is 11.7 Å². The molecule has 144 valence electrons. The molecule has 8 heteroatoms. The Morgan fingerprint density at radius 1 is 1.30 bits per heavy atom. The van der Waals surface area contributed by atoms with Gasteiger partial charge in [-0.3, -0.25) is 18.7 Å². The Balaban J connectivity index is 1.59. The first-order chi connectivity index (χ1) is 13.0. The topological polar surface area (TPSA) is 64.7 Å². The van der Waals surface area contributed by atoms with Gasteiger partial charge in [-0.05, 0) is 18.1 Å². The number of aryl methyl sites for hydroxylation is 1. The third-order valence-electron chi connectivity index (χ3n) is 4.84. The molecule has 0 N–H and O–H groups in total. The summed E-state index contributed by atoms with van der Waals surface area (Å²) in [5.41, 5.74) is 0.788. The van der Waals surface area contributed by atoms with Crippen molar-refractivity contribution in [2.45, 2.75) is 25.1 Å². The average Bonchev–Trinajstić information content (AvgIpc) is 3.08. The van der Waals surface area contributed by atoms with Crippen molar-refractivity contribution in [2.75, 3.05) is 32.0 Å². The standard InChI is InChI=1S/C19H25N5O2S/c1-13(2)10-23-8-9-26-14(11-23)12-27-19-21-20-18-22(3)17(25)15-6-4-5-7-16(15)24(18)19/h4-7,13-14H,8-12H2,1-3H3/t14-/m1/s1. The van der Waals surface area contributed by atoms with Gasteiger partial charge in [-0.1, -0.05) is 37.7 Å². The van der Waals surface area contributed by atoms with Crippen molar-refractivity contribution < 1.29 is 4.74 Å². The van der Waals surface area contributed by atoms with Crippen molar-refractivity contribution in [1.82, 2.24) is 24.1 Å². The minimum atomic E-state index is -0.0537. The van der Waals surface area contributed by atoms with Crippen LogP contribution in [-0.4, -0.2) is 62.2 Å². The maximum atomic E-state index is 12.5. The van der Waals surface area contributed by atoms with Crippen LogP contribution in [0.25, 0.3) is 16.7 Å². The summed E-state index contributed by atoms with van der Waals surface area (Å²) in [5.74, 6) is 2.03. The molecule has 1 aliphatic rings. The van der Waals surface area contributed by atoms with Gasteiger partial charge in [0.25, 0.3) is 5.56 Å². The highest BCUT2D eigenvalue weighted by atomic mass is 32.2. The van der Waals surface area contributed by atoms with Crippen molar-refractivity contribution >= 4 is 28.4 Å². The molecule has 0 amide bonds. The summed E-state index contributed by atoms with van der Waals surface area (Å²) >= 11 is 1.64. The highest BCUT2D eigenvalue weighted by Gasteiger charge is 2.22. The molecular weight excluding hydrogens is 362 g/mol. The fraction of sp³-hybridized carbons (Fsp3) is 0.526. The lowest BCUT2D eigenvalue weighted by atomic mass is 10.2. The Morgan fingerprint density at radius 2 is 2.11 bits per heavy atom. The molecule has 4 rings (SSSR count). The summed E-state index contributed by atoms with van der Waals surface area (Å²) in [6.07, 6.45) is 0.175. The Kier molecular flexibility index (Phi) is 5.21. The number of nitrogens with zero attached hydrogens (tertiary/aromatic N) is 5. The summed E-state index contributed by atoms with van der Waals surface area (Å²) < 4.78 is 9.48. The molecule has 0 spiro atoms. The van der Waals surface area contributed by atoms with Crippen molar-refractivity contribution in [3.05, 3.63) is 34.6 Å². The van der Waals surface area contributed by atoms with Crippen LogP contribution in [0.15, 0.2) is 34.2 Å². The quantitative estimate of drug-likeness (QED) is 0.624. The van der Waals surface area contributed by atoms with E-state index in [1.807, 2.05) is 28.7 Å². The number of morpholine rings is 1. The Hall–Kier alpha value is -1.90. The van der Waals surface area contributed by atoms with E-state index in [0.717, 1.165) is 42.7 Å². The lowest BCUT2D eigenvalue weighted by molar-refractivity contribution is -0.0191. The van der Waals surface area contributed by atoms with Crippen molar-refractivity contribution in [1.29, 1.82) is 0 Å². The van der Waals surface area contributed by atoms with Gasteiger partial charge in [-0.2, -0.15) is 0 Å². The monoisotopic (exact) mass is 387 g/mol. The molecule has 3 heterocycles. The largest absolute Gasteiger partial charge is 0.375 e. The fourth-order valence-electron chi connectivity index (χ4n) is 3.64. The van der Waals surface area contributed by atoms with E-state index >= 15 is 0 Å². The SMILES string of the molecule is CC(C)CN1CCO[C@@H](CSc2nnc3n(C)c(=O)c4ccccc4n23)C1. The van der Waals surface area contributed by atoms with Crippen molar-refractivity contribution in [2.24, 2.45) is 13.0 Å². The average molecular weight is 388 g/mol. The lowest BCUT2D eigenvalue weighted by Gasteiger charge is -2.33. The summed E-state index contributed by atoms with van der Waals surface area (Å²) in [6.45, 7) is 8.32. The molecule has 27 heavy (non-hydrogen) atoms. The van der Waals surface area contributed by atoms with Gasteiger partial charge in [0.05, 0.1) is 23.6 Å². The molecule has 2 aromatic heterocycles. The van der Waals surface area contributed by atoms with E-state index in [2.05, 4.69) is 28.9 Å². The lowest BCUT2D eigenvalue weighted by Crippen LogP contribution is -2.44. The minimum Gasteiger partial charge on any atom is -0.375 e. The van der Waals surface area contributed by atoms with Crippen LogP contribution < -0.4 is 5.56 Å². The van der Waals surface area contributed by atoms with Gasteiger partial charge >= 0.3 is 0 Å². The molecule has 0 radical (unpaired) electrons. The van der Waals surface area contributed by atoms with Gasteiger partial charge in [0, 0.05) is 32.4 Å². The van der Waals surface area contributed by atoms with E-state index in [1.165, 1.54) is 0 Å². The summed E-state index contributed by atoms with van der Waals surface area (Å²) in [4.78, 5) is 15.0. The Morgan fingerprint density at radius 3 is 2.93 bits per heavy atom. The van der Waals surface area contributed by atoms with Gasteiger partial charge in [-0.25, -0.2) is 0 Å². The van der Waals surface area contributed by atoms with E-state index in [4.69, 9.17) is 4.74 Å². The number of rotatable bonds is 5. The van der Waals surface area contributed by atoms with E-state index in [0.29, 0.717) is 17.1 Å². The van der Waals surface area contributed by atoms with Crippen LogP contribution in [0.4, 0.5) is 0 Å². The summed E-state index contributed by atoms with van der Waals surface area (Å²) in [6, 6.07) is 7.61. The molecular formula is C19H25N5O2S. The molecule has 0 bridgehead atoms. The Bertz CT molecular complexity index is 1010. The molecule has 0 unspecified atom stereocenters.